The molecule has 2 aromatic carbocycles. The van der Waals surface area contributed by atoms with E-state index in [1.807, 2.05) is 30.3 Å². The van der Waals surface area contributed by atoms with Gasteiger partial charge in [0.15, 0.2) is 5.78 Å². The molecule has 0 saturated heterocycles. The molecular formula is C16H17NO3. The van der Waals surface area contributed by atoms with E-state index in [1.54, 1.807) is 32.4 Å². The van der Waals surface area contributed by atoms with Crippen molar-refractivity contribution >= 4 is 11.5 Å². The van der Waals surface area contributed by atoms with Crippen LogP contribution in [0.2, 0.25) is 0 Å². The maximum absolute atomic E-state index is 12.2. The third-order valence-corrected chi connectivity index (χ3v) is 2.90. The number of benzene rings is 2. The quantitative estimate of drug-likeness (QED) is 0.820. The third kappa shape index (κ3) is 3.51. The number of anilines is 1. The van der Waals surface area contributed by atoms with Gasteiger partial charge in [-0.05, 0) is 24.3 Å². The molecule has 0 aliphatic rings. The first-order chi connectivity index (χ1) is 9.72. The van der Waals surface area contributed by atoms with Gasteiger partial charge in [0.05, 0.1) is 20.8 Å². The molecule has 0 radical (unpaired) electrons. The molecule has 0 aliphatic carbocycles. The maximum atomic E-state index is 12.2. The van der Waals surface area contributed by atoms with Gasteiger partial charge in [-0.1, -0.05) is 18.2 Å². The summed E-state index contributed by atoms with van der Waals surface area (Å²) in [6.45, 7) is 0.223. The Kier molecular flexibility index (Phi) is 4.60. The van der Waals surface area contributed by atoms with Gasteiger partial charge in [-0.3, -0.25) is 4.79 Å². The van der Waals surface area contributed by atoms with Crippen LogP contribution in [0.15, 0.2) is 48.5 Å². The van der Waals surface area contributed by atoms with Gasteiger partial charge in [0, 0.05) is 17.3 Å². The first-order valence-electron chi connectivity index (χ1n) is 6.28. The van der Waals surface area contributed by atoms with Gasteiger partial charge in [0.2, 0.25) is 0 Å². The number of ether oxygens (including phenoxy) is 2. The molecule has 0 spiro atoms. The average Bonchev–Trinajstić information content (AvgIpc) is 2.52. The Morgan fingerprint density at radius 3 is 2.15 bits per heavy atom. The Bertz CT molecular complexity index is 559. The van der Waals surface area contributed by atoms with E-state index >= 15 is 0 Å². The van der Waals surface area contributed by atoms with Gasteiger partial charge in [0.25, 0.3) is 0 Å². The lowest BCUT2D eigenvalue weighted by Crippen LogP contribution is -2.14. The van der Waals surface area contributed by atoms with Crippen molar-refractivity contribution in [2.45, 2.75) is 0 Å². The number of carbonyl (C=O) groups is 1. The molecule has 2 rings (SSSR count). The van der Waals surface area contributed by atoms with Crippen molar-refractivity contribution in [2.24, 2.45) is 0 Å². The molecule has 104 valence electrons. The van der Waals surface area contributed by atoms with Crippen molar-refractivity contribution < 1.29 is 14.3 Å². The van der Waals surface area contributed by atoms with Crippen LogP contribution in [0, 0.1) is 0 Å². The fourth-order valence-electron chi connectivity index (χ4n) is 1.81. The van der Waals surface area contributed by atoms with E-state index < -0.39 is 0 Å². The van der Waals surface area contributed by atoms with Crippen molar-refractivity contribution in [3.63, 3.8) is 0 Å². The summed E-state index contributed by atoms with van der Waals surface area (Å²) < 4.78 is 10.3. The van der Waals surface area contributed by atoms with Crippen LogP contribution in [0.1, 0.15) is 10.4 Å². The fraction of sp³-hybridized carbons (Fsp3) is 0.188. The number of carbonyl (C=O) groups excluding carboxylic acids is 1. The van der Waals surface area contributed by atoms with Gasteiger partial charge < -0.3 is 14.8 Å². The van der Waals surface area contributed by atoms with Gasteiger partial charge in [-0.15, -0.1) is 0 Å². The second-order valence-electron chi connectivity index (χ2n) is 4.24. The fourth-order valence-corrected chi connectivity index (χ4v) is 1.81. The third-order valence-electron chi connectivity index (χ3n) is 2.90. The Morgan fingerprint density at radius 1 is 1.00 bits per heavy atom. The normalized spacial score (nSPS) is 9.90. The molecule has 0 aliphatic heterocycles. The highest BCUT2D eigenvalue weighted by molar-refractivity contribution is 5.99. The highest BCUT2D eigenvalue weighted by Crippen LogP contribution is 2.22. The number of rotatable bonds is 6. The van der Waals surface area contributed by atoms with Crippen molar-refractivity contribution in [2.75, 3.05) is 26.1 Å². The van der Waals surface area contributed by atoms with Gasteiger partial charge in [0.1, 0.15) is 11.5 Å². The lowest BCUT2D eigenvalue weighted by Gasteiger charge is -2.09. The van der Waals surface area contributed by atoms with E-state index in [1.165, 1.54) is 0 Å². The van der Waals surface area contributed by atoms with Crippen molar-refractivity contribution in [1.82, 2.24) is 0 Å². The molecule has 0 unspecified atom stereocenters. The first kappa shape index (κ1) is 13.9. The molecule has 4 nitrogen and oxygen atoms in total. The van der Waals surface area contributed by atoms with E-state index in [4.69, 9.17) is 9.47 Å². The average molecular weight is 271 g/mol. The second-order valence-corrected chi connectivity index (χ2v) is 4.24. The summed E-state index contributed by atoms with van der Waals surface area (Å²) in [7, 11) is 3.12. The lowest BCUT2D eigenvalue weighted by molar-refractivity contribution is 0.101. The molecule has 0 atom stereocenters. The Labute approximate surface area is 118 Å². The van der Waals surface area contributed by atoms with E-state index in [2.05, 4.69) is 5.32 Å². The number of ketones is 1. The molecule has 2 aromatic rings. The van der Waals surface area contributed by atoms with Crippen LogP contribution in [-0.2, 0) is 0 Å². The summed E-state index contributed by atoms with van der Waals surface area (Å²) in [5.41, 5.74) is 1.47. The van der Waals surface area contributed by atoms with Gasteiger partial charge >= 0.3 is 0 Å². The van der Waals surface area contributed by atoms with Crippen molar-refractivity contribution in [3.8, 4) is 11.5 Å². The zero-order valence-electron chi connectivity index (χ0n) is 11.6. The monoisotopic (exact) mass is 271 g/mol. The highest BCUT2D eigenvalue weighted by atomic mass is 16.5. The smallest absolute Gasteiger partial charge is 0.182 e. The molecule has 0 amide bonds. The van der Waals surface area contributed by atoms with E-state index in [-0.39, 0.29) is 12.3 Å². The van der Waals surface area contributed by atoms with Crippen LogP contribution >= 0.6 is 0 Å². The molecule has 1 N–H and O–H groups in total. The molecule has 0 heterocycles. The Hall–Kier alpha value is -2.49. The summed E-state index contributed by atoms with van der Waals surface area (Å²) in [4.78, 5) is 12.2. The Morgan fingerprint density at radius 2 is 1.60 bits per heavy atom. The summed E-state index contributed by atoms with van der Waals surface area (Å²) in [5.74, 6) is 1.19. The van der Waals surface area contributed by atoms with Crippen LogP contribution in [0.4, 0.5) is 5.69 Å². The van der Waals surface area contributed by atoms with Crippen molar-refractivity contribution in [3.05, 3.63) is 54.1 Å². The van der Waals surface area contributed by atoms with Gasteiger partial charge in [-0.2, -0.15) is 0 Å². The minimum atomic E-state index is -0.0222. The Balaban J connectivity index is 2.08. The maximum Gasteiger partial charge on any atom is 0.182 e. The molecule has 4 heteroatoms. The molecule has 0 saturated carbocycles. The lowest BCUT2D eigenvalue weighted by atomic mass is 10.1. The predicted molar refractivity (Wildman–Crippen MR) is 78.8 cm³/mol. The molecule has 0 aromatic heterocycles. The second kappa shape index (κ2) is 6.61. The zero-order valence-corrected chi connectivity index (χ0v) is 11.6. The molecule has 0 bridgehead atoms. The van der Waals surface area contributed by atoms with Crippen LogP contribution in [-0.4, -0.2) is 26.5 Å². The number of para-hydroxylation sites is 1. The minimum absolute atomic E-state index is 0.0222. The SMILES string of the molecule is COc1cc(OC)cc(C(=O)CNc2ccccc2)c1. The van der Waals surface area contributed by atoms with Crippen LogP contribution in [0.3, 0.4) is 0 Å². The van der Waals surface area contributed by atoms with E-state index in [0.717, 1.165) is 5.69 Å². The predicted octanol–water partition coefficient (Wildman–Crippen LogP) is 3.00. The largest absolute Gasteiger partial charge is 0.497 e. The number of methoxy groups -OCH3 is 2. The summed E-state index contributed by atoms with van der Waals surface area (Å²) >= 11 is 0. The van der Waals surface area contributed by atoms with Crippen LogP contribution < -0.4 is 14.8 Å². The number of nitrogens with one attached hydrogen (secondary N) is 1. The highest BCUT2D eigenvalue weighted by Gasteiger charge is 2.09. The van der Waals surface area contributed by atoms with Gasteiger partial charge in [-0.25, -0.2) is 0 Å². The molecule has 0 fully saturated rings. The van der Waals surface area contributed by atoms with Crippen molar-refractivity contribution in [1.29, 1.82) is 0 Å². The summed E-state index contributed by atoms with van der Waals surface area (Å²) in [6.07, 6.45) is 0. The first-order valence-corrected chi connectivity index (χ1v) is 6.28. The van der Waals surface area contributed by atoms with Crippen LogP contribution in [0.5, 0.6) is 11.5 Å². The molecular weight excluding hydrogens is 254 g/mol. The summed E-state index contributed by atoms with van der Waals surface area (Å²) in [6, 6.07) is 14.7. The summed E-state index contributed by atoms with van der Waals surface area (Å²) in [5, 5.41) is 3.09. The molecule has 20 heavy (non-hydrogen) atoms. The van der Waals surface area contributed by atoms with E-state index in [9.17, 15) is 4.79 Å². The topological polar surface area (TPSA) is 47.6 Å². The minimum Gasteiger partial charge on any atom is -0.497 e. The standard InChI is InChI=1S/C16H17NO3/c1-19-14-8-12(9-15(10-14)20-2)16(18)11-17-13-6-4-3-5-7-13/h3-10,17H,11H2,1-2H3. The zero-order chi connectivity index (χ0) is 14.4. The number of hydrogen-bond donors (Lipinski definition) is 1. The van der Waals surface area contributed by atoms with Crippen LogP contribution in [0.25, 0.3) is 0 Å². The number of Topliss-reactive ketones (excluding diaryl/α,β-unsaturated/α-hetero) is 1. The number of hydrogen-bond acceptors (Lipinski definition) is 4. The van der Waals surface area contributed by atoms with E-state index in [0.29, 0.717) is 17.1 Å².